The van der Waals surface area contributed by atoms with Crippen LogP contribution in [0.25, 0.3) is 0 Å². The number of amides is 1. The predicted molar refractivity (Wildman–Crippen MR) is 91.0 cm³/mol. The summed E-state index contributed by atoms with van der Waals surface area (Å²) in [6.07, 6.45) is 5.57. The molecule has 1 aliphatic heterocycles. The number of piperidine rings is 1. The van der Waals surface area contributed by atoms with E-state index in [1.165, 1.54) is 6.33 Å². The van der Waals surface area contributed by atoms with Gasteiger partial charge in [-0.05, 0) is 37.1 Å². The molecule has 1 amide bonds. The summed E-state index contributed by atoms with van der Waals surface area (Å²) < 4.78 is 7.09. The SMILES string of the molecule is COC1CCN(c2ccc(C(=O)NCCn3cncn3)cc2)CC1. The van der Waals surface area contributed by atoms with Gasteiger partial charge in [0.25, 0.3) is 5.91 Å². The van der Waals surface area contributed by atoms with Crippen LogP contribution in [0.1, 0.15) is 23.2 Å². The highest BCUT2D eigenvalue weighted by atomic mass is 16.5. The fraction of sp³-hybridized carbons (Fsp3) is 0.471. The van der Waals surface area contributed by atoms with Crippen LogP contribution in [-0.2, 0) is 11.3 Å². The molecule has 0 bridgehead atoms. The topological polar surface area (TPSA) is 72.3 Å². The second-order valence-electron chi connectivity index (χ2n) is 5.88. The van der Waals surface area contributed by atoms with E-state index in [1.807, 2.05) is 24.3 Å². The Morgan fingerprint density at radius 3 is 2.67 bits per heavy atom. The lowest BCUT2D eigenvalue weighted by Crippen LogP contribution is -2.36. The number of rotatable bonds is 6. The van der Waals surface area contributed by atoms with Crippen molar-refractivity contribution in [3.05, 3.63) is 42.5 Å². The molecule has 7 nitrogen and oxygen atoms in total. The van der Waals surface area contributed by atoms with Crippen molar-refractivity contribution in [1.29, 1.82) is 0 Å². The Morgan fingerprint density at radius 2 is 2.04 bits per heavy atom. The molecule has 24 heavy (non-hydrogen) atoms. The molecule has 1 saturated heterocycles. The number of nitrogens with zero attached hydrogens (tertiary/aromatic N) is 4. The first-order valence-corrected chi connectivity index (χ1v) is 8.24. The molecule has 1 N–H and O–H groups in total. The zero-order valence-corrected chi connectivity index (χ0v) is 13.9. The smallest absolute Gasteiger partial charge is 0.251 e. The second kappa shape index (κ2) is 7.92. The number of ether oxygens (including phenoxy) is 1. The maximum atomic E-state index is 12.2. The highest BCUT2D eigenvalue weighted by molar-refractivity contribution is 5.94. The molecular weight excluding hydrogens is 306 g/mol. The van der Waals surface area contributed by atoms with Gasteiger partial charge in [0.1, 0.15) is 12.7 Å². The van der Waals surface area contributed by atoms with Crippen LogP contribution in [0, 0.1) is 0 Å². The van der Waals surface area contributed by atoms with Crippen LogP contribution < -0.4 is 10.2 Å². The predicted octanol–water partition coefficient (Wildman–Crippen LogP) is 1.32. The number of anilines is 1. The van der Waals surface area contributed by atoms with Gasteiger partial charge in [-0.3, -0.25) is 9.48 Å². The normalized spacial score (nSPS) is 15.5. The minimum absolute atomic E-state index is 0.0697. The van der Waals surface area contributed by atoms with Crippen molar-refractivity contribution in [3.8, 4) is 0 Å². The van der Waals surface area contributed by atoms with Crippen LogP contribution in [0.4, 0.5) is 5.69 Å². The van der Waals surface area contributed by atoms with Crippen molar-refractivity contribution in [2.24, 2.45) is 0 Å². The van der Waals surface area contributed by atoms with Gasteiger partial charge in [-0.1, -0.05) is 0 Å². The zero-order valence-electron chi connectivity index (χ0n) is 13.9. The Hall–Kier alpha value is -2.41. The molecule has 2 aromatic rings. The molecular formula is C17H23N5O2. The highest BCUT2D eigenvalue weighted by Crippen LogP contribution is 2.21. The summed E-state index contributed by atoms with van der Waals surface area (Å²) >= 11 is 0. The number of aromatic nitrogens is 3. The van der Waals surface area contributed by atoms with Crippen molar-refractivity contribution in [2.75, 3.05) is 31.6 Å². The molecule has 0 atom stereocenters. The van der Waals surface area contributed by atoms with Gasteiger partial charge < -0.3 is 15.0 Å². The molecule has 0 unspecified atom stereocenters. The molecule has 1 aromatic heterocycles. The summed E-state index contributed by atoms with van der Waals surface area (Å²) in [6.45, 7) is 3.11. The second-order valence-corrected chi connectivity index (χ2v) is 5.88. The monoisotopic (exact) mass is 329 g/mol. The summed E-state index contributed by atoms with van der Waals surface area (Å²) in [7, 11) is 1.77. The Bertz CT molecular complexity index is 634. The molecule has 0 saturated carbocycles. The maximum Gasteiger partial charge on any atom is 0.251 e. The third-order valence-electron chi connectivity index (χ3n) is 4.36. The van der Waals surface area contributed by atoms with Gasteiger partial charge >= 0.3 is 0 Å². The van der Waals surface area contributed by atoms with Gasteiger partial charge in [-0.15, -0.1) is 0 Å². The van der Waals surface area contributed by atoms with Crippen LogP contribution in [0.15, 0.2) is 36.9 Å². The zero-order chi connectivity index (χ0) is 16.8. The molecule has 1 aromatic carbocycles. The lowest BCUT2D eigenvalue weighted by atomic mass is 10.1. The molecule has 1 fully saturated rings. The summed E-state index contributed by atoms with van der Waals surface area (Å²) in [6, 6.07) is 7.78. The number of methoxy groups -OCH3 is 1. The molecule has 2 heterocycles. The van der Waals surface area contributed by atoms with E-state index in [9.17, 15) is 4.79 Å². The first-order chi connectivity index (χ1) is 11.8. The minimum atomic E-state index is -0.0697. The van der Waals surface area contributed by atoms with Crippen molar-refractivity contribution in [3.63, 3.8) is 0 Å². The number of hydrogen-bond donors (Lipinski definition) is 1. The molecule has 0 spiro atoms. The molecule has 3 rings (SSSR count). The van der Waals surface area contributed by atoms with Gasteiger partial charge in [0, 0.05) is 38.0 Å². The van der Waals surface area contributed by atoms with E-state index in [4.69, 9.17) is 4.74 Å². The van der Waals surface area contributed by atoms with Crippen LogP contribution in [0.5, 0.6) is 0 Å². The average Bonchev–Trinajstić information content (AvgIpc) is 3.15. The van der Waals surface area contributed by atoms with E-state index in [2.05, 4.69) is 20.3 Å². The number of nitrogens with one attached hydrogen (secondary N) is 1. The Kier molecular flexibility index (Phi) is 5.43. The molecule has 128 valence electrons. The van der Waals surface area contributed by atoms with Crippen LogP contribution in [0.3, 0.4) is 0 Å². The van der Waals surface area contributed by atoms with Gasteiger partial charge in [0.05, 0.1) is 12.6 Å². The van der Waals surface area contributed by atoms with E-state index < -0.39 is 0 Å². The van der Waals surface area contributed by atoms with Crippen LogP contribution in [-0.4, -0.2) is 53.5 Å². The summed E-state index contributed by atoms with van der Waals surface area (Å²) in [5.41, 5.74) is 1.83. The standard InChI is InChI=1S/C17H23N5O2/c1-24-16-6-9-21(10-7-16)15-4-2-14(3-5-15)17(23)19-8-11-22-13-18-12-20-22/h2-5,12-13,16H,6-11H2,1H3,(H,19,23). The van der Waals surface area contributed by atoms with Gasteiger partial charge in [-0.25, -0.2) is 4.98 Å². The first kappa shape index (κ1) is 16.4. The largest absolute Gasteiger partial charge is 0.381 e. The van der Waals surface area contributed by atoms with E-state index in [0.717, 1.165) is 31.6 Å². The Labute approximate surface area is 141 Å². The third kappa shape index (κ3) is 4.11. The Balaban J connectivity index is 1.49. The van der Waals surface area contributed by atoms with Crippen molar-refractivity contribution in [2.45, 2.75) is 25.5 Å². The van der Waals surface area contributed by atoms with Crippen molar-refractivity contribution < 1.29 is 9.53 Å². The van der Waals surface area contributed by atoms with Gasteiger partial charge in [-0.2, -0.15) is 5.10 Å². The lowest BCUT2D eigenvalue weighted by molar-refractivity contribution is 0.0819. The fourth-order valence-electron chi connectivity index (χ4n) is 2.91. The molecule has 0 aliphatic carbocycles. The Morgan fingerprint density at radius 1 is 1.29 bits per heavy atom. The highest BCUT2D eigenvalue weighted by Gasteiger charge is 2.19. The van der Waals surface area contributed by atoms with E-state index in [1.54, 1.807) is 18.1 Å². The summed E-state index contributed by atoms with van der Waals surface area (Å²) in [4.78, 5) is 18.4. The van der Waals surface area contributed by atoms with Crippen LogP contribution >= 0.6 is 0 Å². The molecule has 0 radical (unpaired) electrons. The van der Waals surface area contributed by atoms with E-state index >= 15 is 0 Å². The number of hydrogen-bond acceptors (Lipinski definition) is 5. The van der Waals surface area contributed by atoms with Gasteiger partial charge in [0.15, 0.2) is 0 Å². The molecule has 1 aliphatic rings. The van der Waals surface area contributed by atoms with Crippen molar-refractivity contribution >= 4 is 11.6 Å². The van der Waals surface area contributed by atoms with Gasteiger partial charge in [0.2, 0.25) is 0 Å². The lowest BCUT2D eigenvalue weighted by Gasteiger charge is -2.33. The molecule has 7 heteroatoms. The average molecular weight is 329 g/mol. The number of carbonyl (C=O) groups is 1. The summed E-state index contributed by atoms with van der Waals surface area (Å²) in [5.74, 6) is -0.0697. The van der Waals surface area contributed by atoms with Crippen LogP contribution in [0.2, 0.25) is 0 Å². The minimum Gasteiger partial charge on any atom is -0.381 e. The number of benzene rings is 1. The number of carbonyl (C=O) groups excluding carboxylic acids is 1. The maximum absolute atomic E-state index is 12.2. The van der Waals surface area contributed by atoms with E-state index in [-0.39, 0.29) is 5.91 Å². The first-order valence-electron chi connectivity index (χ1n) is 8.24. The quantitative estimate of drug-likeness (QED) is 0.865. The summed E-state index contributed by atoms with van der Waals surface area (Å²) in [5, 5.41) is 6.89. The van der Waals surface area contributed by atoms with Crippen molar-refractivity contribution in [1.82, 2.24) is 20.1 Å². The third-order valence-corrected chi connectivity index (χ3v) is 4.36. The van der Waals surface area contributed by atoms with E-state index in [0.29, 0.717) is 24.8 Å². The fourth-order valence-corrected chi connectivity index (χ4v) is 2.91.